The van der Waals surface area contributed by atoms with Gasteiger partial charge in [-0.25, -0.2) is 0 Å². The summed E-state index contributed by atoms with van der Waals surface area (Å²) in [5.41, 5.74) is 0.576. The van der Waals surface area contributed by atoms with Crippen LogP contribution in [-0.2, 0) is 24.5 Å². The molecule has 2 rings (SSSR count). The zero-order valence-corrected chi connectivity index (χ0v) is 27.2. The first-order valence-electron chi connectivity index (χ1n) is 14.9. The topological polar surface area (TPSA) is 91.0 Å². The van der Waals surface area contributed by atoms with E-state index in [4.69, 9.17) is 4.74 Å². The van der Waals surface area contributed by atoms with Crippen LogP contribution in [0.15, 0.2) is 42.0 Å². The Morgan fingerprint density at radius 3 is 2.22 bits per heavy atom. The van der Waals surface area contributed by atoms with Crippen molar-refractivity contribution in [2.24, 2.45) is 11.3 Å². The lowest BCUT2D eigenvalue weighted by Gasteiger charge is -2.40. The third-order valence-corrected chi connectivity index (χ3v) is 8.42. The molecule has 0 radical (unpaired) electrons. The molecular formula is C33H54N4O4. The first-order valence-corrected chi connectivity index (χ1v) is 14.9. The zero-order valence-electron chi connectivity index (χ0n) is 27.2. The van der Waals surface area contributed by atoms with Crippen molar-refractivity contribution < 1.29 is 19.1 Å². The zero-order chi connectivity index (χ0) is 31.1. The Bertz CT molecular complexity index is 1060. The van der Waals surface area contributed by atoms with Crippen LogP contribution in [0, 0.1) is 11.3 Å². The number of hydrogen-bond acceptors (Lipinski definition) is 5. The maximum Gasteiger partial charge on any atom is 0.249 e. The van der Waals surface area contributed by atoms with E-state index in [1.165, 1.54) is 0 Å². The Morgan fingerprint density at radius 1 is 1.10 bits per heavy atom. The van der Waals surface area contributed by atoms with Gasteiger partial charge in [-0.3, -0.25) is 14.4 Å². The SMILES string of the molecule is CN[C@H](C(=O)N[C@H](C(=O)N(C)[C@H](C=C(C)C(=O)N1CCC[C@H]1COC)C(C)C)C(C)(C)C)C(C)(C)c1ccccc1. The first-order chi connectivity index (χ1) is 19.1. The highest BCUT2D eigenvalue weighted by Gasteiger charge is 2.41. The molecule has 4 atom stereocenters. The summed E-state index contributed by atoms with van der Waals surface area (Å²) in [7, 11) is 5.19. The smallest absolute Gasteiger partial charge is 0.249 e. The van der Waals surface area contributed by atoms with Crippen molar-refractivity contribution >= 4 is 17.7 Å². The molecule has 1 heterocycles. The second-order valence-electron chi connectivity index (χ2n) is 13.4. The van der Waals surface area contributed by atoms with Crippen LogP contribution in [-0.4, -0.2) is 86.0 Å². The Balaban J connectivity index is 2.32. The summed E-state index contributed by atoms with van der Waals surface area (Å²) in [5.74, 6) is -0.383. The predicted molar refractivity (Wildman–Crippen MR) is 165 cm³/mol. The van der Waals surface area contributed by atoms with E-state index in [1.54, 1.807) is 26.1 Å². The fourth-order valence-electron chi connectivity index (χ4n) is 5.85. The standard InChI is InChI=1S/C33H54N4O4/c1-22(2)26(20-23(3)30(39)37-19-15-18-25(37)21-41-11)36(10)31(40)28(32(4,5)6)35-29(38)27(34-9)33(7,8)24-16-13-12-14-17-24/h12-14,16-17,20,22,25-28,34H,15,18-19,21H2,1-11H3,(H,35,38)/t25-,26+,27+,28+/m0/s1. The number of likely N-dealkylation sites (tertiary alicyclic amines) is 1. The number of nitrogens with one attached hydrogen (secondary N) is 2. The van der Waals surface area contributed by atoms with Gasteiger partial charge in [0.25, 0.3) is 0 Å². The number of carbonyl (C=O) groups is 3. The minimum Gasteiger partial charge on any atom is -0.383 e. The second kappa shape index (κ2) is 14.5. The van der Waals surface area contributed by atoms with Crippen molar-refractivity contribution in [3.8, 4) is 0 Å². The van der Waals surface area contributed by atoms with Crippen molar-refractivity contribution in [1.82, 2.24) is 20.4 Å². The number of carbonyl (C=O) groups excluding carboxylic acids is 3. The first kappa shape index (κ1) is 34.5. The molecule has 8 nitrogen and oxygen atoms in total. The molecule has 0 aliphatic carbocycles. The highest BCUT2D eigenvalue weighted by Crippen LogP contribution is 2.29. The van der Waals surface area contributed by atoms with Crippen LogP contribution in [0.3, 0.4) is 0 Å². The molecule has 0 saturated carbocycles. The summed E-state index contributed by atoms with van der Waals surface area (Å²) in [4.78, 5) is 44.8. The highest BCUT2D eigenvalue weighted by atomic mass is 16.5. The monoisotopic (exact) mass is 570 g/mol. The molecule has 1 saturated heterocycles. The largest absolute Gasteiger partial charge is 0.383 e. The van der Waals surface area contributed by atoms with Crippen molar-refractivity contribution in [3.63, 3.8) is 0 Å². The molecule has 3 amide bonds. The van der Waals surface area contributed by atoms with Gasteiger partial charge in [0.1, 0.15) is 6.04 Å². The second-order valence-corrected chi connectivity index (χ2v) is 13.4. The fraction of sp³-hybridized carbons (Fsp3) is 0.667. The summed E-state index contributed by atoms with van der Waals surface area (Å²) in [6.07, 6.45) is 3.80. The number of hydrogen-bond donors (Lipinski definition) is 2. The van der Waals surface area contributed by atoms with Gasteiger partial charge in [-0.1, -0.05) is 84.9 Å². The average Bonchev–Trinajstić information content (AvgIpc) is 3.37. The Labute approximate surface area is 248 Å². The van der Waals surface area contributed by atoms with E-state index in [0.717, 1.165) is 18.4 Å². The van der Waals surface area contributed by atoms with Gasteiger partial charge in [-0.2, -0.15) is 0 Å². The van der Waals surface area contributed by atoms with E-state index in [9.17, 15) is 14.4 Å². The maximum absolute atomic E-state index is 14.1. The molecule has 1 aliphatic rings. The molecule has 2 N–H and O–H groups in total. The number of likely N-dealkylation sites (N-methyl/N-ethyl adjacent to an activating group) is 2. The van der Waals surface area contributed by atoms with E-state index in [2.05, 4.69) is 10.6 Å². The van der Waals surface area contributed by atoms with Crippen molar-refractivity contribution in [2.45, 2.75) is 97.8 Å². The molecule has 0 bridgehead atoms. The Morgan fingerprint density at radius 2 is 1.71 bits per heavy atom. The summed E-state index contributed by atoms with van der Waals surface area (Å²) in [6, 6.07) is 8.34. The van der Waals surface area contributed by atoms with Gasteiger partial charge in [0, 0.05) is 31.7 Å². The van der Waals surface area contributed by atoms with Crippen LogP contribution >= 0.6 is 0 Å². The molecule has 41 heavy (non-hydrogen) atoms. The molecule has 1 aromatic carbocycles. The quantitative estimate of drug-likeness (QED) is 0.369. The van der Waals surface area contributed by atoms with Crippen LogP contribution in [0.1, 0.15) is 73.8 Å². The van der Waals surface area contributed by atoms with Crippen molar-refractivity contribution in [3.05, 3.63) is 47.5 Å². The summed E-state index contributed by atoms with van der Waals surface area (Å²) < 4.78 is 5.33. The van der Waals surface area contributed by atoms with E-state index in [0.29, 0.717) is 18.7 Å². The fourth-order valence-corrected chi connectivity index (χ4v) is 5.85. The van der Waals surface area contributed by atoms with E-state index in [-0.39, 0.29) is 35.7 Å². The van der Waals surface area contributed by atoms with Crippen LogP contribution in [0.5, 0.6) is 0 Å². The highest BCUT2D eigenvalue weighted by molar-refractivity contribution is 5.94. The maximum atomic E-state index is 14.1. The van der Waals surface area contributed by atoms with Crippen molar-refractivity contribution in [2.75, 3.05) is 34.4 Å². The van der Waals surface area contributed by atoms with E-state index >= 15 is 0 Å². The third kappa shape index (κ3) is 8.41. The molecule has 8 heteroatoms. The van der Waals surface area contributed by atoms with Crippen LogP contribution in [0.2, 0.25) is 0 Å². The number of methoxy groups -OCH3 is 1. The average molecular weight is 571 g/mol. The lowest BCUT2D eigenvalue weighted by Crippen LogP contribution is -2.61. The third-order valence-electron chi connectivity index (χ3n) is 8.42. The molecule has 1 aliphatic heterocycles. The van der Waals surface area contributed by atoms with Gasteiger partial charge < -0.3 is 25.2 Å². The molecule has 1 fully saturated rings. The van der Waals surface area contributed by atoms with Crippen LogP contribution < -0.4 is 10.6 Å². The molecular weight excluding hydrogens is 516 g/mol. The number of nitrogens with zero attached hydrogens (tertiary/aromatic N) is 2. The van der Waals surface area contributed by atoms with E-state index < -0.39 is 22.9 Å². The summed E-state index contributed by atoms with van der Waals surface area (Å²) in [5, 5.41) is 6.28. The van der Waals surface area contributed by atoms with Gasteiger partial charge in [0.15, 0.2) is 0 Å². The van der Waals surface area contributed by atoms with Gasteiger partial charge in [0.2, 0.25) is 17.7 Å². The molecule has 0 spiro atoms. The van der Waals surface area contributed by atoms with Gasteiger partial charge in [0.05, 0.1) is 24.7 Å². The number of ether oxygens (including phenoxy) is 1. The van der Waals surface area contributed by atoms with E-state index in [1.807, 2.05) is 96.7 Å². The van der Waals surface area contributed by atoms with Gasteiger partial charge >= 0.3 is 0 Å². The molecule has 230 valence electrons. The molecule has 1 aromatic rings. The van der Waals surface area contributed by atoms with Crippen LogP contribution in [0.4, 0.5) is 0 Å². The van der Waals surface area contributed by atoms with Crippen molar-refractivity contribution in [1.29, 1.82) is 0 Å². The van der Waals surface area contributed by atoms with Gasteiger partial charge in [-0.05, 0) is 43.7 Å². The number of amides is 3. The Kier molecular flexibility index (Phi) is 12.2. The summed E-state index contributed by atoms with van der Waals surface area (Å²) in [6.45, 7) is 17.1. The van der Waals surface area contributed by atoms with Gasteiger partial charge in [-0.15, -0.1) is 0 Å². The normalized spacial score (nSPS) is 18.7. The minimum absolute atomic E-state index is 0.0169. The molecule has 0 unspecified atom stereocenters. The minimum atomic E-state index is -0.766. The van der Waals surface area contributed by atoms with Crippen LogP contribution in [0.25, 0.3) is 0 Å². The lowest BCUT2D eigenvalue weighted by atomic mass is 9.76. The summed E-state index contributed by atoms with van der Waals surface area (Å²) >= 11 is 0. The number of rotatable bonds is 12. The lowest BCUT2D eigenvalue weighted by molar-refractivity contribution is -0.141. The predicted octanol–water partition coefficient (Wildman–Crippen LogP) is 4.15. The number of benzene rings is 1. The molecule has 0 aromatic heterocycles. The Hall–Kier alpha value is -2.71.